The van der Waals surface area contributed by atoms with Crippen molar-refractivity contribution < 1.29 is 4.43 Å². The van der Waals surface area contributed by atoms with Crippen molar-refractivity contribution in [3.8, 4) is 0 Å². The maximum absolute atomic E-state index is 5.57. The quantitative estimate of drug-likeness (QED) is 0.440. The molecular formula is C5H11ClOSi. The molecule has 0 saturated heterocycles. The fourth-order valence-electron chi connectivity index (χ4n) is 0.192. The first-order valence-electron chi connectivity index (χ1n) is 2.43. The van der Waals surface area contributed by atoms with Gasteiger partial charge in [0.15, 0.2) is 0 Å². The van der Waals surface area contributed by atoms with Crippen LogP contribution in [0.15, 0.2) is 12.3 Å². The second kappa shape index (κ2) is 3.28. The molecule has 0 radical (unpaired) electrons. The third-order valence-corrected chi connectivity index (χ3v) is 5.08. The molecule has 0 N–H and O–H groups in total. The first kappa shape index (κ1) is 8.21. The van der Waals surface area contributed by atoms with Gasteiger partial charge in [-0.1, -0.05) is 5.70 Å². The van der Waals surface area contributed by atoms with E-state index >= 15 is 0 Å². The van der Waals surface area contributed by atoms with E-state index in [1.54, 1.807) is 7.11 Å². The van der Waals surface area contributed by atoms with Crippen LogP contribution in [0.5, 0.6) is 0 Å². The van der Waals surface area contributed by atoms with Crippen molar-refractivity contribution >= 4 is 19.9 Å². The standard InChI is InChI=1S/C5H11ClOSi/c1-4-8(3,5-6)7-2/h4H,1,5H2,2-3H3. The largest absolute Gasteiger partial charge is 0.415 e. The highest BCUT2D eigenvalue weighted by molar-refractivity contribution is 6.83. The van der Waals surface area contributed by atoms with Gasteiger partial charge in [0.2, 0.25) is 8.32 Å². The Labute approximate surface area is 56.4 Å². The minimum atomic E-state index is -1.64. The molecule has 3 heteroatoms. The van der Waals surface area contributed by atoms with E-state index in [9.17, 15) is 0 Å². The SMILES string of the molecule is C=C[Si](C)(CCl)OC. The Morgan fingerprint density at radius 1 is 1.88 bits per heavy atom. The fraction of sp³-hybridized carbons (Fsp3) is 0.600. The Morgan fingerprint density at radius 2 is 2.38 bits per heavy atom. The van der Waals surface area contributed by atoms with Crippen LogP contribution in [0.4, 0.5) is 0 Å². The molecule has 0 aromatic carbocycles. The summed E-state index contributed by atoms with van der Waals surface area (Å²) in [5.74, 6) is 0. The topological polar surface area (TPSA) is 9.23 Å². The van der Waals surface area contributed by atoms with Crippen LogP contribution < -0.4 is 0 Å². The Morgan fingerprint density at radius 3 is 2.38 bits per heavy atom. The number of rotatable bonds is 3. The average Bonchev–Trinajstić information content (AvgIpc) is 1.87. The zero-order chi connectivity index (χ0) is 6.62. The van der Waals surface area contributed by atoms with E-state index in [-0.39, 0.29) is 0 Å². The van der Waals surface area contributed by atoms with Gasteiger partial charge >= 0.3 is 0 Å². The predicted molar refractivity (Wildman–Crippen MR) is 39.5 cm³/mol. The normalized spacial score (nSPS) is 17.4. The van der Waals surface area contributed by atoms with Crippen LogP contribution in [0, 0.1) is 0 Å². The molecule has 48 valence electrons. The average molecular weight is 151 g/mol. The lowest BCUT2D eigenvalue weighted by atomic mass is 11.3. The van der Waals surface area contributed by atoms with Crippen molar-refractivity contribution in [2.24, 2.45) is 0 Å². The van der Waals surface area contributed by atoms with Gasteiger partial charge in [-0.05, 0) is 6.55 Å². The van der Waals surface area contributed by atoms with Gasteiger partial charge in [-0.15, -0.1) is 18.2 Å². The van der Waals surface area contributed by atoms with Gasteiger partial charge in [0.25, 0.3) is 0 Å². The van der Waals surface area contributed by atoms with E-state index in [0.29, 0.717) is 5.50 Å². The van der Waals surface area contributed by atoms with Crippen molar-refractivity contribution in [1.82, 2.24) is 0 Å². The summed E-state index contributed by atoms with van der Waals surface area (Å²) in [6.45, 7) is 5.65. The lowest BCUT2D eigenvalue weighted by Crippen LogP contribution is -2.33. The Kier molecular flexibility index (Phi) is 3.36. The van der Waals surface area contributed by atoms with E-state index in [4.69, 9.17) is 16.0 Å². The van der Waals surface area contributed by atoms with Crippen molar-refractivity contribution in [3.05, 3.63) is 12.3 Å². The minimum Gasteiger partial charge on any atom is -0.415 e. The summed E-state index contributed by atoms with van der Waals surface area (Å²) in [5.41, 5.74) is 2.42. The van der Waals surface area contributed by atoms with Crippen LogP contribution in [-0.4, -0.2) is 20.9 Å². The molecule has 1 nitrogen and oxygen atoms in total. The second-order valence-corrected chi connectivity index (χ2v) is 6.37. The van der Waals surface area contributed by atoms with Crippen LogP contribution in [0.25, 0.3) is 0 Å². The van der Waals surface area contributed by atoms with Gasteiger partial charge < -0.3 is 4.43 Å². The molecule has 0 fully saturated rings. The maximum Gasteiger partial charge on any atom is 0.227 e. The molecule has 0 amide bonds. The lowest BCUT2D eigenvalue weighted by molar-refractivity contribution is 0.414. The Balaban J connectivity index is 3.76. The van der Waals surface area contributed by atoms with Gasteiger partial charge in [-0.2, -0.15) is 0 Å². The number of hydrogen-bond acceptors (Lipinski definition) is 1. The zero-order valence-corrected chi connectivity index (χ0v) is 7.03. The highest BCUT2D eigenvalue weighted by Crippen LogP contribution is 2.05. The molecule has 0 bridgehead atoms. The molecule has 0 spiro atoms. The fourth-order valence-corrected chi connectivity index (χ4v) is 1.23. The summed E-state index contributed by atoms with van der Waals surface area (Å²) in [6, 6.07) is 0. The molecule has 0 aliphatic rings. The molecule has 0 saturated carbocycles. The van der Waals surface area contributed by atoms with E-state index in [1.165, 1.54) is 0 Å². The zero-order valence-electron chi connectivity index (χ0n) is 5.28. The van der Waals surface area contributed by atoms with Crippen molar-refractivity contribution in [3.63, 3.8) is 0 Å². The van der Waals surface area contributed by atoms with Crippen LogP contribution in [0.3, 0.4) is 0 Å². The van der Waals surface area contributed by atoms with Crippen molar-refractivity contribution in [2.75, 3.05) is 12.6 Å². The summed E-state index contributed by atoms with van der Waals surface area (Å²) >= 11 is 5.57. The van der Waals surface area contributed by atoms with E-state index in [2.05, 4.69) is 6.58 Å². The first-order chi connectivity index (χ1) is 3.68. The summed E-state index contributed by atoms with van der Waals surface area (Å²) in [5, 5.41) is 0. The predicted octanol–water partition coefficient (Wildman–Crippen LogP) is 1.71. The van der Waals surface area contributed by atoms with Crippen molar-refractivity contribution in [2.45, 2.75) is 6.55 Å². The first-order valence-corrected chi connectivity index (χ1v) is 5.66. The molecule has 0 aromatic rings. The number of alkyl halides is 1. The van der Waals surface area contributed by atoms with E-state index < -0.39 is 8.32 Å². The third-order valence-electron chi connectivity index (χ3n) is 1.16. The van der Waals surface area contributed by atoms with Crippen LogP contribution in [-0.2, 0) is 4.43 Å². The second-order valence-electron chi connectivity index (χ2n) is 1.85. The minimum absolute atomic E-state index is 0.590. The van der Waals surface area contributed by atoms with Gasteiger partial charge in [0.05, 0.1) is 0 Å². The summed E-state index contributed by atoms with van der Waals surface area (Å²) < 4.78 is 5.12. The van der Waals surface area contributed by atoms with Crippen LogP contribution in [0.2, 0.25) is 6.55 Å². The third kappa shape index (κ3) is 1.99. The Bertz CT molecular complexity index is 80.5. The highest BCUT2D eigenvalue weighted by Gasteiger charge is 2.20. The molecular weight excluding hydrogens is 140 g/mol. The summed E-state index contributed by atoms with van der Waals surface area (Å²) in [6.07, 6.45) is 0. The smallest absolute Gasteiger partial charge is 0.227 e. The molecule has 1 unspecified atom stereocenters. The van der Waals surface area contributed by atoms with Crippen LogP contribution >= 0.6 is 11.6 Å². The number of hydrogen-bond donors (Lipinski definition) is 0. The molecule has 8 heavy (non-hydrogen) atoms. The summed E-state index contributed by atoms with van der Waals surface area (Å²) in [4.78, 5) is 0. The van der Waals surface area contributed by atoms with Crippen LogP contribution in [0.1, 0.15) is 0 Å². The molecule has 0 heterocycles. The van der Waals surface area contributed by atoms with Gasteiger partial charge in [0.1, 0.15) is 0 Å². The van der Waals surface area contributed by atoms with E-state index in [1.807, 2.05) is 12.2 Å². The monoisotopic (exact) mass is 150 g/mol. The van der Waals surface area contributed by atoms with Crippen molar-refractivity contribution in [1.29, 1.82) is 0 Å². The molecule has 1 atom stereocenters. The Hall–Kier alpha value is 0.207. The summed E-state index contributed by atoms with van der Waals surface area (Å²) in [7, 11) is 0.0349. The maximum atomic E-state index is 5.57. The van der Waals surface area contributed by atoms with Gasteiger partial charge in [-0.25, -0.2) is 0 Å². The highest BCUT2D eigenvalue weighted by atomic mass is 35.5. The number of halogens is 1. The lowest BCUT2D eigenvalue weighted by Gasteiger charge is -2.15. The molecule has 0 aliphatic heterocycles. The molecule has 0 aliphatic carbocycles. The molecule has 0 aromatic heterocycles. The van der Waals surface area contributed by atoms with Gasteiger partial charge in [0, 0.05) is 12.6 Å². The van der Waals surface area contributed by atoms with Gasteiger partial charge in [-0.3, -0.25) is 0 Å². The van der Waals surface area contributed by atoms with E-state index in [0.717, 1.165) is 0 Å². The molecule has 0 rings (SSSR count).